The average molecular weight is 192 g/mol. The molecule has 14 heavy (non-hydrogen) atoms. The van der Waals surface area contributed by atoms with E-state index in [1.165, 1.54) is 6.08 Å². The van der Waals surface area contributed by atoms with Gasteiger partial charge in [-0.15, -0.1) is 6.58 Å². The molecule has 1 unspecified atom stereocenters. The van der Waals surface area contributed by atoms with Gasteiger partial charge in [-0.3, -0.25) is 10.1 Å². The quantitative estimate of drug-likeness (QED) is 0.453. The van der Waals surface area contributed by atoms with Crippen LogP contribution in [0.15, 0.2) is 30.9 Å². The molecule has 0 amide bonds. The van der Waals surface area contributed by atoms with E-state index in [0.29, 0.717) is 11.1 Å². The zero-order chi connectivity index (χ0) is 10.7. The van der Waals surface area contributed by atoms with E-state index < -0.39 is 11.0 Å². The second kappa shape index (κ2) is 4.02. The van der Waals surface area contributed by atoms with Gasteiger partial charge in [-0.2, -0.15) is 0 Å². The molecule has 0 aliphatic rings. The first-order chi connectivity index (χ1) is 6.57. The first kappa shape index (κ1) is 10.4. The lowest BCUT2D eigenvalue weighted by Gasteiger charge is -2.08. The van der Waals surface area contributed by atoms with Gasteiger partial charge >= 0.3 is 0 Å². The molecule has 0 fully saturated rings. The number of benzene rings is 1. The van der Waals surface area contributed by atoms with Gasteiger partial charge in [0.15, 0.2) is 0 Å². The van der Waals surface area contributed by atoms with Gasteiger partial charge in [-0.25, -0.2) is 0 Å². The summed E-state index contributed by atoms with van der Waals surface area (Å²) in [6.07, 6.45) is 1.49. The third-order valence-corrected chi connectivity index (χ3v) is 2.06. The number of hydrogen-bond acceptors (Lipinski definition) is 3. The maximum Gasteiger partial charge on any atom is 0.277 e. The SMILES string of the molecule is C=CC(N)c1cccc(C)c1[N+](=O)[O-]. The lowest BCUT2D eigenvalue weighted by atomic mass is 10.0. The van der Waals surface area contributed by atoms with Crippen LogP contribution >= 0.6 is 0 Å². The number of nitro benzene ring substituents is 1. The Morgan fingerprint density at radius 3 is 2.79 bits per heavy atom. The standard InChI is InChI=1S/C10H12N2O2/c1-3-9(11)8-6-4-5-7(2)10(8)12(13)14/h3-6,9H,1,11H2,2H3. The van der Waals surface area contributed by atoms with E-state index in [-0.39, 0.29) is 5.69 Å². The summed E-state index contributed by atoms with van der Waals surface area (Å²) in [5, 5.41) is 10.8. The first-order valence-corrected chi connectivity index (χ1v) is 4.20. The van der Waals surface area contributed by atoms with E-state index in [0.717, 1.165) is 0 Å². The summed E-state index contributed by atoms with van der Waals surface area (Å²) in [5.74, 6) is 0. The summed E-state index contributed by atoms with van der Waals surface area (Å²) in [6, 6.07) is 4.60. The molecule has 0 aliphatic carbocycles. The number of nitrogens with two attached hydrogens (primary N) is 1. The minimum absolute atomic E-state index is 0.0832. The lowest BCUT2D eigenvalue weighted by molar-refractivity contribution is -0.386. The maximum absolute atomic E-state index is 10.8. The number of nitrogens with zero attached hydrogens (tertiary/aromatic N) is 1. The van der Waals surface area contributed by atoms with Crippen LogP contribution in [0.4, 0.5) is 5.69 Å². The number of para-hydroxylation sites is 1. The van der Waals surface area contributed by atoms with Crippen LogP contribution in [0.3, 0.4) is 0 Å². The lowest BCUT2D eigenvalue weighted by Crippen LogP contribution is -2.10. The van der Waals surface area contributed by atoms with Crippen LogP contribution in [0, 0.1) is 17.0 Å². The summed E-state index contributed by atoms with van der Waals surface area (Å²) >= 11 is 0. The van der Waals surface area contributed by atoms with Crippen LogP contribution in [0.5, 0.6) is 0 Å². The Hall–Kier alpha value is -1.68. The normalized spacial score (nSPS) is 12.1. The van der Waals surface area contributed by atoms with Crippen molar-refractivity contribution in [2.45, 2.75) is 13.0 Å². The molecule has 74 valence electrons. The first-order valence-electron chi connectivity index (χ1n) is 4.20. The fourth-order valence-electron chi connectivity index (χ4n) is 1.33. The van der Waals surface area contributed by atoms with Gasteiger partial charge in [-0.1, -0.05) is 24.3 Å². The highest BCUT2D eigenvalue weighted by atomic mass is 16.6. The number of hydrogen-bond donors (Lipinski definition) is 1. The van der Waals surface area contributed by atoms with E-state index in [9.17, 15) is 10.1 Å². The van der Waals surface area contributed by atoms with Crippen molar-refractivity contribution in [2.75, 3.05) is 0 Å². The van der Waals surface area contributed by atoms with Gasteiger partial charge in [0.25, 0.3) is 5.69 Å². The monoisotopic (exact) mass is 192 g/mol. The van der Waals surface area contributed by atoms with E-state index in [1.807, 2.05) is 0 Å². The van der Waals surface area contributed by atoms with Crippen LogP contribution in [0.1, 0.15) is 17.2 Å². The summed E-state index contributed by atoms with van der Waals surface area (Å²) in [5.41, 5.74) is 6.88. The van der Waals surface area contributed by atoms with Crippen LogP contribution in [-0.2, 0) is 0 Å². The zero-order valence-electron chi connectivity index (χ0n) is 7.93. The molecule has 1 rings (SSSR count). The third-order valence-electron chi connectivity index (χ3n) is 2.06. The number of aryl methyl sites for hydroxylation is 1. The van der Waals surface area contributed by atoms with Gasteiger partial charge in [0.05, 0.1) is 16.5 Å². The van der Waals surface area contributed by atoms with Crippen LogP contribution in [0.25, 0.3) is 0 Å². The fraction of sp³-hybridized carbons (Fsp3) is 0.200. The van der Waals surface area contributed by atoms with Crippen molar-refractivity contribution in [3.63, 3.8) is 0 Å². The van der Waals surface area contributed by atoms with Gasteiger partial charge in [0.2, 0.25) is 0 Å². The van der Waals surface area contributed by atoms with Crippen molar-refractivity contribution in [3.8, 4) is 0 Å². The smallest absolute Gasteiger partial charge is 0.277 e. The van der Waals surface area contributed by atoms with Crippen molar-refractivity contribution in [1.29, 1.82) is 0 Å². The molecule has 0 bridgehead atoms. The molecular weight excluding hydrogens is 180 g/mol. The molecule has 0 radical (unpaired) electrons. The largest absolute Gasteiger partial charge is 0.321 e. The maximum atomic E-state index is 10.8. The average Bonchev–Trinajstić information content (AvgIpc) is 2.15. The summed E-state index contributed by atoms with van der Waals surface area (Å²) in [4.78, 5) is 10.4. The third kappa shape index (κ3) is 1.80. The molecule has 2 N–H and O–H groups in total. The molecule has 0 saturated heterocycles. The predicted octanol–water partition coefficient (Wildman–Crippen LogP) is 2.09. The topological polar surface area (TPSA) is 69.2 Å². The summed E-state index contributed by atoms with van der Waals surface area (Å²) in [7, 11) is 0. The van der Waals surface area contributed by atoms with Crippen molar-refractivity contribution in [2.24, 2.45) is 5.73 Å². The van der Waals surface area contributed by atoms with Crippen molar-refractivity contribution >= 4 is 5.69 Å². The van der Waals surface area contributed by atoms with E-state index in [4.69, 9.17) is 5.73 Å². The highest BCUT2D eigenvalue weighted by Crippen LogP contribution is 2.27. The Bertz CT molecular complexity index is 374. The van der Waals surface area contributed by atoms with E-state index >= 15 is 0 Å². The molecule has 1 aromatic carbocycles. The Morgan fingerprint density at radius 2 is 2.29 bits per heavy atom. The van der Waals surface area contributed by atoms with Gasteiger partial charge in [0.1, 0.15) is 0 Å². The van der Waals surface area contributed by atoms with E-state index in [2.05, 4.69) is 6.58 Å². The Balaban J connectivity index is 3.35. The molecule has 0 aromatic heterocycles. The zero-order valence-corrected chi connectivity index (χ0v) is 7.93. The fourth-order valence-corrected chi connectivity index (χ4v) is 1.33. The van der Waals surface area contributed by atoms with E-state index in [1.54, 1.807) is 25.1 Å². The number of rotatable bonds is 3. The summed E-state index contributed by atoms with van der Waals surface area (Å²) in [6.45, 7) is 5.21. The summed E-state index contributed by atoms with van der Waals surface area (Å²) < 4.78 is 0. The molecule has 0 aliphatic heterocycles. The molecule has 4 heteroatoms. The van der Waals surface area contributed by atoms with Crippen molar-refractivity contribution in [3.05, 3.63) is 52.1 Å². The molecule has 0 saturated carbocycles. The minimum Gasteiger partial charge on any atom is -0.321 e. The molecule has 4 nitrogen and oxygen atoms in total. The minimum atomic E-state index is -0.490. The number of nitro groups is 1. The predicted molar refractivity (Wildman–Crippen MR) is 55.0 cm³/mol. The highest BCUT2D eigenvalue weighted by Gasteiger charge is 2.19. The van der Waals surface area contributed by atoms with Crippen LogP contribution in [0.2, 0.25) is 0 Å². The Kier molecular flexibility index (Phi) is 2.99. The second-order valence-corrected chi connectivity index (χ2v) is 3.03. The van der Waals surface area contributed by atoms with Crippen LogP contribution < -0.4 is 5.73 Å². The molecule has 1 aromatic rings. The van der Waals surface area contributed by atoms with Crippen molar-refractivity contribution in [1.82, 2.24) is 0 Å². The second-order valence-electron chi connectivity index (χ2n) is 3.03. The molecule has 0 heterocycles. The Labute approximate surface area is 82.2 Å². The molecular formula is C10H12N2O2. The Morgan fingerprint density at radius 1 is 1.64 bits per heavy atom. The van der Waals surface area contributed by atoms with Gasteiger partial charge < -0.3 is 5.73 Å². The highest BCUT2D eigenvalue weighted by molar-refractivity contribution is 5.49. The van der Waals surface area contributed by atoms with Gasteiger partial charge in [-0.05, 0) is 6.92 Å². The van der Waals surface area contributed by atoms with Gasteiger partial charge in [0, 0.05) is 5.56 Å². The van der Waals surface area contributed by atoms with Crippen LogP contribution in [-0.4, -0.2) is 4.92 Å². The van der Waals surface area contributed by atoms with Crippen molar-refractivity contribution < 1.29 is 4.92 Å². The molecule has 1 atom stereocenters. The molecule has 0 spiro atoms.